The summed E-state index contributed by atoms with van der Waals surface area (Å²) < 4.78 is 0. The van der Waals surface area contributed by atoms with Gasteiger partial charge in [0.1, 0.15) is 6.10 Å². The maximum atomic E-state index is 12.5. The predicted molar refractivity (Wildman–Crippen MR) is 129 cm³/mol. The van der Waals surface area contributed by atoms with Crippen LogP contribution in [0.2, 0.25) is 0 Å². The molecule has 0 aliphatic rings. The molecule has 1 unspecified atom stereocenters. The average molecular weight is 420 g/mol. The van der Waals surface area contributed by atoms with Crippen LogP contribution < -0.4 is 0 Å². The molecule has 0 saturated carbocycles. The molecule has 5 rings (SSSR count). The summed E-state index contributed by atoms with van der Waals surface area (Å²) >= 11 is 0. The van der Waals surface area contributed by atoms with Crippen LogP contribution in [-0.4, -0.2) is 15.2 Å². The predicted octanol–water partition coefficient (Wildman–Crippen LogP) is 5.84. The molecule has 3 N–H and O–H groups in total. The van der Waals surface area contributed by atoms with Crippen molar-refractivity contribution in [3.05, 3.63) is 143 Å². The maximum absolute atomic E-state index is 12.5. The van der Waals surface area contributed by atoms with Crippen LogP contribution in [0.15, 0.2) is 109 Å². The van der Waals surface area contributed by atoms with Crippen molar-refractivity contribution in [3.8, 4) is 0 Å². The van der Waals surface area contributed by atoms with Gasteiger partial charge in [0.2, 0.25) is 0 Å². The Hall–Kier alpha value is -3.66. The molecular weight excluding hydrogens is 394 g/mol. The van der Waals surface area contributed by atoms with Gasteiger partial charge in [0.05, 0.1) is 5.69 Å². The third kappa shape index (κ3) is 3.23. The molecule has 0 radical (unpaired) electrons. The molecule has 4 aromatic carbocycles. The number of hydrogen-bond acceptors (Lipinski definition) is 2. The van der Waals surface area contributed by atoms with Crippen molar-refractivity contribution >= 4 is 10.9 Å². The van der Waals surface area contributed by atoms with E-state index in [1.807, 2.05) is 116 Å². The summed E-state index contributed by atoms with van der Waals surface area (Å²) in [6.07, 6.45) is -0.902. The van der Waals surface area contributed by atoms with E-state index in [0.717, 1.165) is 33.2 Å². The highest BCUT2D eigenvalue weighted by Gasteiger charge is 2.39. The molecule has 32 heavy (non-hydrogen) atoms. The summed E-state index contributed by atoms with van der Waals surface area (Å²) in [4.78, 5) is 3.51. The molecule has 0 saturated heterocycles. The van der Waals surface area contributed by atoms with E-state index in [0.29, 0.717) is 11.3 Å². The molecule has 3 heteroatoms. The van der Waals surface area contributed by atoms with Gasteiger partial charge >= 0.3 is 0 Å². The van der Waals surface area contributed by atoms with Gasteiger partial charge < -0.3 is 15.2 Å². The fourth-order valence-corrected chi connectivity index (χ4v) is 4.57. The molecule has 158 valence electrons. The minimum Gasteiger partial charge on any atom is -0.384 e. The molecule has 1 heterocycles. The largest absolute Gasteiger partial charge is 0.384 e. The summed E-state index contributed by atoms with van der Waals surface area (Å²) in [6, 6.07) is 34.8. The van der Waals surface area contributed by atoms with Crippen molar-refractivity contribution in [2.45, 2.75) is 18.6 Å². The lowest BCUT2D eigenvalue weighted by Crippen LogP contribution is -2.31. The number of hydrogen-bond donors (Lipinski definition) is 3. The third-order valence-corrected chi connectivity index (χ3v) is 6.22. The number of benzene rings is 4. The van der Waals surface area contributed by atoms with E-state index < -0.39 is 11.7 Å². The number of H-pyrrole nitrogens is 1. The van der Waals surface area contributed by atoms with Gasteiger partial charge in [-0.05, 0) is 29.2 Å². The zero-order valence-electron chi connectivity index (χ0n) is 17.9. The number of fused-ring (bicyclic) bond motifs is 1. The highest BCUT2D eigenvalue weighted by molar-refractivity contribution is 5.89. The van der Waals surface area contributed by atoms with E-state index in [9.17, 15) is 10.2 Å². The average Bonchev–Trinajstić information content (AvgIpc) is 3.26. The van der Waals surface area contributed by atoms with Gasteiger partial charge in [0.25, 0.3) is 0 Å². The summed E-state index contributed by atoms with van der Waals surface area (Å²) in [6.45, 7) is 2.03. The van der Waals surface area contributed by atoms with Crippen molar-refractivity contribution in [2.24, 2.45) is 0 Å². The Balaban J connectivity index is 1.87. The first-order chi connectivity index (χ1) is 15.6. The molecular formula is C29H25NO2. The summed E-state index contributed by atoms with van der Waals surface area (Å²) in [5.41, 5.74) is 4.00. The molecule has 1 atom stereocenters. The highest BCUT2D eigenvalue weighted by Crippen LogP contribution is 2.44. The minimum absolute atomic E-state index is 0.579. The van der Waals surface area contributed by atoms with E-state index in [-0.39, 0.29) is 0 Å². The van der Waals surface area contributed by atoms with Crippen LogP contribution in [0.5, 0.6) is 0 Å². The van der Waals surface area contributed by atoms with Crippen LogP contribution in [0.25, 0.3) is 10.9 Å². The molecule has 0 spiro atoms. The van der Waals surface area contributed by atoms with Gasteiger partial charge in [-0.1, -0.05) is 109 Å². The Kier molecular flexibility index (Phi) is 5.14. The summed E-state index contributed by atoms with van der Waals surface area (Å²) in [5, 5.41) is 24.9. The van der Waals surface area contributed by atoms with Crippen LogP contribution in [0.1, 0.15) is 39.6 Å². The fourth-order valence-electron chi connectivity index (χ4n) is 4.57. The van der Waals surface area contributed by atoms with E-state index in [1.165, 1.54) is 0 Å². The van der Waals surface area contributed by atoms with Gasteiger partial charge in [-0.15, -0.1) is 0 Å². The Morgan fingerprint density at radius 3 is 1.78 bits per heavy atom. The zero-order valence-corrected chi connectivity index (χ0v) is 17.9. The van der Waals surface area contributed by atoms with Crippen molar-refractivity contribution in [2.75, 3.05) is 0 Å². The molecule has 0 aliphatic carbocycles. The minimum atomic E-state index is -1.47. The first-order valence-electron chi connectivity index (χ1n) is 10.8. The van der Waals surface area contributed by atoms with Crippen LogP contribution in [0, 0.1) is 6.92 Å². The van der Waals surface area contributed by atoms with Gasteiger partial charge in [-0.3, -0.25) is 0 Å². The molecule has 0 bridgehead atoms. The zero-order chi connectivity index (χ0) is 22.1. The van der Waals surface area contributed by atoms with E-state index in [2.05, 4.69) is 4.98 Å². The van der Waals surface area contributed by atoms with Crippen LogP contribution >= 0.6 is 0 Å². The SMILES string of the molecule is Cc1cccc2c(C(O)c3ccccc3)c(C(O)(c3ccccc3)c3ccccc3)[nH]c12. The second kappa shape index (κ2) is 8.12. The van der Waals surface area contributed by atoms with E-state index >= 15 is 0 Å². The van der Waals surface area contributed by atoms with Crippen molar-refractivity contribution < 1.29 is 10.2 Å². The lowest BCUT2D eigenvalue weighted by Gasteiger charge is -2.31. The smallest absolute Gasteiger partial charge is 0.155 e. The number of para-hydroxylation sites is 1. The topological polar surface area (TPSA) is 56.2 Å². The Morgan fingerprint density at radius 1 is 0.688 bits per heavy atom. The number of nitrogens with one attached hydrogen (secondary N) is 1. The van der Waals surface area contributed by atoms with Crippen LogP contribution in [0.3, 0.4) is 0 Å². The van der Waals surface area contributed by atoms with Crippen LogP contribution in [0.4, 0.5) is 0 Å². The van der Waals surface area contributed by atoms with Crippen molar-refractivity contribution in [3.63, 3.8) is 0 Å². The molecule has 0 fully saturated rings. The van der Waals surface area contributed by atoms with Gasteiger partial charge in [-0.25, -0.2) is 0 Å². The lowest BCUT2D eigenvalue weighted by molar-refractivity contribution is 0.116. The molecule has 0 amide bonds. The van der Waals surface area contributed by atoms with Gasteiger partial charge in [-0.2, -0.15) is 0 Å². The molecule has 5 aromatic rings. The van der Waals surface area contributed by atoms with Gasteiger partial charge in [0, 0.05) is 16.5 Å². The number of rotatable bonds is 5. The number of aliphatic hydroxyl groups excluding tert-OH is 1. The number of aromatic amines is 1. The molecule has 3 nitrogen and oxygen atoms in total. The molecule has 1 aromatic heterocycles. The Morgan fingerprint density at radius 2 is 1.22 bits per heavy atom. The summed E-state index contributed by atoms with van der Waals surface area (Å²) in [7, 11) is 0. The second-order valence-corrected chi connectivity index (χ2v) is 8.17. The number of aromatic nitrogens is 1. The fraction of sp³-hybridized carbons (Fsp3) is 0.103. The quantitative estimate of drug-likeness (QED) is 0.335. The van der Waals surface area contributed by atoms with Crippen LogP contribution in [-0.2, 0) is 5.60 Å². The maximum Gasteiger partial charge on any atom is 0.155 e. The van der Waals surface area contributed by atoms with Gasteiger partial charge in [0.15, 0.2) is 5.60 Å². The monoisotopic (exact) mass is 419 g/mol. The second-order valence-electron chi connectivity index (χ2n) is 8.17. The van der Waals surface area contributed by atoms with Crippen molar-refractivity contribution in [1.82, 2.24) is 4.98 Å². The first kappa shape index (κ1) is 20.3. The normalized spacial score (nSPS) is 12.7. The number of aliphatic hydroxyl groups is 2. The Labute approximate surface area is 187 Å². The number of aryl methyl sites for hydroxylation is 1. The third-order valence-electron chi connectivity index (χ3n) is 6.22. The van der Waals surface area contributed by atoms with E-state index in [4.69, 9.17) is 0 Å². The first-order valence-corrected chi connectivity index (χ1v) is 10.8. The van der Waals surface area contributed by atoms with Crippen molar-refractivity contribution in [1.29, 1.82) is 0 Å². The summed E-state index contributed by atoms with van der Waals surface area (Å²) in [5.74, 6) is 0. The molecule has 0 aliphatic heterocycles. The highest BCUT2D eigenvalue weighted by atomic mass is 16.3. The van der Waals surface area contributed by atoms with E-state index in [1.54, 1.807) is 0 Å². The Bertz CT molecular complexity index is 1300. The standard InChI is InChI=1S/C29H25NO2/c1-20-12-11-19-24-25(27(31)21-13-5-2-6-14-21)28(30-26(20)24)29(32,22-15-7-3-8-16-22)23-17-9-4-10-18-23/h2-19,27,30-32H,1H3. The lowest BCUT2D eigenvalue weighted by atomic mass is 9.80.